The Morgan fingerprint density at radius 1 is 1.35 bits per heavy atom. The topological polar surface area (TPSA) is 63.6 Å². The number of benzene rings is 1. The van der Waals surface area contributed by atoms with Crippen molar-refractivity contribution in [3.05, 3.63) is 41.0 Å². The Morgan fingerprint density at radius 2 is 2.00 bits per heavy atom. The maximum absolute atomic E-state index is 12.7. The van der Waals surface area contributed by atoms with Crippen molar-refractivity contribution in [3.8, 4) is 0 Å². The van der Waals surface area contributed by atoms with Crippen LogP contribution in [-0.4, -0.2) is 24.2 Å². The van der Waals surface area contributed by atoms with Gasteiger partial charge in [0.15, 0.2) is 0 Å². The first-order chi connectivity index (χ1) is 9.25. The molecule has 0 saturated carbocycles. The Bertz CT molecular complexity index is 547. The molecule has 20 heavy (non-hydrogen) atoms. The number of aromatic carboxylic acids is 1. The van der Waals surface area contributed by atoms with Crippen molar-refractivity contribution in [2.24, 2.45) is 0 Å². The van der Waals surface area contributed by atoms with E-state index in [4.69, 9.17) is 5.11 Å². The summed E-state index contributed by atoms with van der Waals surface area (Å²) in [4.78, 5) is 21.6. The predicted octanol–water partition coefficient (Wildman–Crippen LogP) is 2.98. The van der Waals surface area contributed by atoms with Gasteiger partial charge in [0.2, 0.25) is 0 Å². The van der Waals surface area contributed by atoms with E-state index in [2.05, 4.69) is 4.74 Å². The van der Waals surface area contributed by atoms with Crippen LogP contribution in [0.25, 0.3) is 6.08 Å². The molecule has 0 bridgehead atoms. The molecule has 0 aliphatic rings. The Balaban J connectivity index is 3.07. The van der Waals surface area contributed by atoms with E-state index < -0.39 is 29.2 Å². The number of alkyl halides is 3. The minimum atomic E-state index is -4.76. The van der Waals surface area contributed by atoms with Crippen molar-refractivity contribution < 1.29 is 32.6 Å². The van der Waals surface area contributed by atoms with Crippen LogP contribution in [0.15, 0.2) is 24.3 Å². The normalized spacial score (nSPS) is 11.6. The van der Waals surface area contributed by atoms with Crippen molar-refractivity contribution in [1.29, 1.82) is 0 Å². The van der Waals surface area contributed by atoms with Gasteiger partial charge in [0.1, 0.15) is 0 Å². The summed E-state index contributed by atoms with van der Waals surface area (Å²) < 4.78 is 42.6. The van der Waals surface area contributed by atoms with E-state index >= 15 is 0 Å². The van der Waals surface area contributed by atoms with E-state index in [-0.39, 0.29) is 12.0 Å². The van der Waals surface area contributed by atoms with Crippen LogP contribution in [0, 0.1) is 0 Å². The second-order valence-corrected chi connectivity index (χ2v) is 3.79. The fourth-order valence-electron chi connectivity index (χ4n) is 1.46. The van der Waals surface area contributed by atoms with E-state index in [9.17, 15) is 22.8 Å². The molecule has 7 heteroatoms. The summed E-state index contributed by atoms with van der Waals surface area (Å²) in [5.74, 6) is -2.18. The first-order valence-corrected chi connectivity index (χ1v) is 5.43. The van der Waals surface area contributed by atoms with Crippen LogP contribution in [0.5, 0.6) is 0 Å². The highest BCUT2D eigenvalue weighted by molar-refractivity contribution is 5.90. The van der Waals surface area contributed by atoms with E-state index in [1.807, 2.05) is 0 Å². The molecule has 0 radical (unpaired) electrons. The molecule has 1 N–H and O–H groups in total. The summed E-state index contributed by atoms with van der Waals surface area (Å²) in [6.07, 6.45) is -2.22. The van der Waals surface area contributed by atoms with Crippen molar-refractivity contribution in [3.63, 3.8) is 0 Å². The van der Waals surface area contributed by atoms with Gasteiger partial charge in [0, 0.05) is 0 Å². The summed E-state index contributed by atoms with van der Waals surface area (Å²) >= 11 is 0. The van der Waals surface area contributed by atoms with Gasteiger partial charge in [-0.15, -0.1) is 0 Å². The second-order valence-electron chi connectivity index (χ2n) is 3.79. The lowest BCUT2D eigenvalue weighted by atomic mass is 10.0. The van der Waals surface area contributed by atoms with Gasteiger partial charge in [-0.2, -0.15) is 13.2 Å². The number of rotatable bonds is 4. The zero-order chi connectivity index (χ0) is 15.3. The SMILES string of the molecule is COC(=O)CC=Cc1ccc(C(=O)O)c(C(F)(F)F)c1. The van der Waals surface area contributed by atoms with Crippen molar-refractivity contribution in [1.82, 2.24) is 0 Å². The molecule has 1 aromatic rings. The van der Waals surface area contributed by atoms with Gasteiger partial charge in [0.25, 0.3) is 0 Å². The van der Waals surface area contributed by atoms with Gasteiger partial charge in [-0.05, 0) is 17.7 Å². The molecule has 1 rings (SSSR count). The minimum absolute atomic E-state index is 0.0848. The Hall–Kier alpha value is -2.31. The molecule has 0 saturated heterocycles. The number of esters is 1. The molecule has 0 aromatic heterocycles. The van der Waals surface area contributed by atoms with Gasteiger partial charge in [-0.3, -0.25) is 4.79 Å². The average molecular weight is 288 g/mol. The third kappa shape index (κ3) is 4.11. The summed E-state index contributed by atoms with van der Waals surface area (Å²) in [5.41, 5.74) is -1.90. The number of carbonyl (C=O) groups is 2. The molecule has 0 fully saturated rings. The highest BCUT2D eigenvalue weighted by Crippen LogP contribution is 2.33. The first-order valence-electron chi connectivity index (χ1n) is 5.43. The molecule has 0 unspecified atom stereocenters. The lowest BCUT2D eigenvalue weighted by Gasteiger charge is -2.10. The van der Waals surface area contributed by atoms with Crippen LogP contribution in [-0.2, 0) is 15.7 Å². The number of hydrogen-bond donors (Lipinski definition) is 1. The number of carbonyl (C=O) groups excluding carboxylic acids is 1. The molecule has 0 atom stereocenters. The Morgan fingerprint density at radius 3 is 2.50 bits per heavy atom. The highest BCUT2D eigenvalue weighted by atomic mass is 19.4. The fourth-order valence-corrected chi connectivity index (χ4v) is 1.46. The maximum atomic E-state index is 12.7. The molecule has 0 aliphatic heterocycles. The summed E-state index contributed by atoms with van der Waals surface area (Å²) in [7, 11) is 1.19. The molecule has 0 heterocycles. The van der Waals surface area contributed by atoms with Crippen LogP contribution in [0.4, 0.5) is 13.2 Å². The van der Waals surface area contributed by atoms with E-state index in [1.165, 1.54) is 25.3 Å². The third-order valence-corrected chi connectivity index (χ3v) is 2.40. The number of carboxylic acid groups (broad SMARTS) is 1. The Kier molecular flexibility index (Phi) is 4.90. The van der Waals surface area contributed by atoms with E-state index in [1.54, 1.807) is 0 Å². The number of hydrogen-bond acceptors (Lipinski definition) is 3. The predicted molar refractivity (Wildman–Crippen MR) is 64.1 cm³/mol. The molecular formula is C13H11F3O4. The van der Waals surface area contributed by atoms with Gasteiger partial charge in [-0.25, -0.2) is 4.79 Å². The van der Waals surface area contributed by atoms with Gasteiger partial charge < -0.3 is 9.84 Å². The molecule has 0 spiro atoms. The number of carboxylic acids is 1. The lowest BCUT2D eigenvalue weighted by Crippen LogP contribution is -2.13. The third-order valence-electron chi connectivity index (χ3n) is 2.40. The monoisotopic (exact) mass is 288 g/mol. The zero-order valence-corrected chi connectivity index (χ0v) is 10.4. The van der Waals surface area contributed by atoms with Crippen LogP contribution < -0.4 is 0 Å². The maximum Gasteiger partial charge on any atom is 0.417 e. The standard InChI is InChI=1S/C13H11F3O4/c1-20-11(17)4-2-3-8-5-6-9(12(18)19)10(7-8)13(14,15)16/h2-3,5-7H,4H2,1H3,(H,18,19). The van der Waals surface area contributed by atoms with Gasteiger partial charge >= 0.3 is 18.1 Å². The number of ether oxygens (including phenoxy) is 1. The molecular weight excluding hydrogens is 277 g/mol. The van der Waals surface area contributed by atoms with E-state index in [0.717, 1.165) is 12.1 Å². The quantitative estimate of drug-likeness (QED) is 0.865. The largest absolute Gasteiger partial charge is 0.478 e. The molecule has 1 aromatic carbocycles. The second kappa shape index (κ2) is 6.23. The van der Waals surface area contributed by atoms with Crippen LogP contribution in [0.2, 0.25) is 0 Å². The van der Waals surface area contributed by atoms with E-state index in [0.29, 0.717) is 0 Å². The summed E-state index contributed by atoms with van der Waals surface area (Å²) in [6.45, 7) is 0. The van der Waals surface area contributed by atoms with Gasteiger partial charge in [0.05, 0.1) is 24.7 Å². The zero-order valence-electron chi connectivity index (χ0n) is 10.4. The summed E-state index contributed by atoms with van der Waals surface area (Å²) in [5, 5.41) is 8.72. The van der Waals surface area contributed by atoms with Crippen molar-refractivity contribution in [2.45, 2.75) is 12.6 Å². The smallest absolute Gasteiger partial charge is 0.417 e. The molecule has 0 aliphatic carbocycles. The van der Waals surface area contributed by atoms with Gasteiger partial charge in [-0.1, -0.05) is 18.2 Å². The van der Waals surface area contributed by atoms with Crippen LogP contribution >= 0.6 is 0 Å². The Labute approximate surface area is 112 Å². The minimum Gasteiger partial charge on any atom is -0.478 e. The van der Waals surface area contributed by atoms with Crippen molar-refractivity contribution >= 4 is 18.0 Å². The van der Waals surface area contributed by atoms with Crippen LogP contribution in [0.1, 0.15) is 27.9 Å². The van der Waals surface area contributed by atoms with Crippen molar-refractivity contribution in [2.75, 3.05) is 7.11 Å². The number of halogens is 3. The molecule has 4 nitrogen and oxygen atoms in total. The lowest BCUT2D eigenvalue weighted by molar-refractivity contribution is -0.139. The first kappa shape index (κ1) is 15.7. The number of methoxy groups -OCH3 is 1. The average Bonchev–Trinajstić information content (AvgIpc) is 2.37. The summed E-state index contributed by atoms with van der Waals surface area (Å²) in [6, 6.07) is 2.83. The highest BCUT2D eigenvalue weighted by Gasteiger charge is 2.35. The molecule has 0 amide bonds. The molecule has 108 valence electrons. The van der Waals surface area contributed by atoms with Crippen LogP contribution in [0.3, 0.4) is 0 Å². The fraction of sp³-hybridized carbons (Fsp3) is 0.231.